The van der Waals surface area contributed by atoms with Crippen molar-refractivity contribution in [3.05, 3.63) is 83.9 Å². The molecule has 1 amide bonds. The molecular formula is C19H15F3N4O. The topological polar surface area (TPSA) is 66.9 Å². The maximum atomic E-state index is 12.8. The molecule has 27 heavy (non-hydrogen) atoms. The number of alkyl halides is 3. The molecular weight excluding hydrogens is 357 g/mol. The Kier molecular flexibility index (Phi) is 5.35. The third-order valence-electron chi connectivity index (χ3n) is 3.69. The Morgan fingerprint density at radius 3 is 2.48 bits per heavy atom. The average Bonchev–Trinajstić information content (AvgIpc) is 2.67. The van der Waals surface area contributed by atoms with Crippen molar-refractivity contribution in [2.45, 2.75) is 12.7 Å². The summed E-state index contributed by atoms with van der Waals surface area (Å²) in [4.78, 5) is 20.3. The molecule has 0 aliphatic heterocycles. The minimum atomic E-state index is -4.47. The smallest absolute Gasteiger partial charge is 0.380 e. The number of nitrogens with zero attached hydrogens (tertiary/aromatic N) is 2. The van der Waals surface area contributed by atoms with Gasteiger partial charge in [0.1, 0.15) is 0 Å². The zero-order valence-corrected chi connectivity index (χ0v) is 14.0. The predicted octanol–water partition coefficient (Wildman–Crippen LogP) is 4.36. The summed E-state index contributed by atoms with van der Waals surface area (Å²) in [6, 6.07) is 9.75. The van der Waals surface area contributed by atoms with Crippen LogP contribution in [0.5, 0.6) is 0 Å². The Balaban J connectivity index is 1.68. The normalized spacial score (nSPS) is 11.1. The highest BCUT2D eigenvalue weighted by Gasteiger charge is 2.30. The van der Waals surface area contributed by atoms with E-state index in [2.05, 4.69) is 20.6 Å². The lowest BCUT2D eigenvalue weighted by molar-refractivity contribution is -0.137. The maximum Gasteiger partial charge on any atom is 0.416 e. The fourth-order valence-electron chi connectivity index (χ4n) is 2.34. The van der Waals surface area contributed by atoms with Gasteiger partial charge in [-0.2, -0.15) is 13.2 Å². The molecule has 0 bridgehead atoms. The van der Waals surface area contributed by atoms with Gasteiger partial charge in [-0.05, 0) is 42.0 Å². The molecule has 0 aliphatic carbocycles. The van der Waals surface area contributed by atoms with Gasteiger partial charge in [-0.1, -0.05) is 6.07 Å². The number of pyridine rings is 2. The van der Waals surface area contributed by atoms with E-state index in [0.29, 0.717) is 12.2 Å². The second-order valence-corrected chi connectivity index (χ2v) is 5.70. The first kappa shape index (κ1) is 18.4. The van der Waals surface area contributed by atoms with Gasteiger partial charge < -0.3 is 10.6 Å². The summed E-state index contributed by atoms with van der Waals surface area (Å²) in [6.07, 6.45) is 1.78. The molecule has 0 saturated carbocycles. The van der Waals surface area contributed by atoms with Crippen LogP contribution in [0.1, 0.15) is 21.5 Å². The van der Waals surface area contributed by atoms with Crippen LogP contribution in [0.25, 0.3) is 0 Å². The van der Waals surface area contributed by atoms with Gasteiger partial charge in [-0.15, -0.1) is 0 Å². The minimum Gasteiger partial charge on any atom is -0.380 e. The van der Waals surface area contributed by atoms with E-state index in [1.807, 2.05) is 12.1 Å². The van der Waals surface area contributed by atoms with Gasteiger partial charge in [0, 0.05) is 37.0 Å². The highest BCUT2D eigenvalue weighted by Crippen LogP contribution is 2.30. The van der Waals surface area contributed by atoms with E-state index >= 15 is 0 Å². The van der Waals surface area contributed by atoms with E-state index in [-0.39, 0.29) is 11.3 Å². The van der Waals surface area contributed by atoms with Crippen LogP contribution in [0.15, 0.2) is 67.3 Å². The number of rotatable bonds is 5. The molecule has 1 aromatic carbocycles. The largest absolute Gasteiger partial charge is 0.416 e. The second-order valence-electron chi connectivity index (χ2n) is 5.70. The van der Waals surface area contributed by atoms with Crippen molar-refractivity contribution in [3.8, 4) is 0 Å². The summed E-state index contributed by atoms with van der Waals surface area (Å²) in [5.74, 6) is -0.547. The average molecular weight is 372 g/mol. The molecule has 0 spiro atoms. The molecule has 0 atom stereocenters. The third-order valence-corrected chi connectivity index (χ3v) is 3.69. The van der Waals surface area contributed by atoms with Crippen LogP contribution in [-0.4, -0.2) is 15.9 Å². The van der Waals surface area contributed by atoms with Crippen molar-refractivity contribution in [1.82, 2.24) is 9.97 Å². The molecule has 0 radical (unpaired) electrons. The molecule has 2 N–H and O–H groups in total. The molecule has 0 aliphatic rings. The van der Waals surface area contributed by atoms with E-state index in [1.54, 1.807) is 24.7 Å². The number of amides is 1. The Morgan fingerprint density at radius 1 is 0.963 bits per heavy atom. The SMILES string of the molecule is O=C(Nc1cccc(C(F)(F)F)c1)c1cncc(NCc2ccncc2)c1. The first-order valence-corrected chi connectivity index (χ1v) is 7.98. The zero-order chi connectivity index (χ0) is 19.3. The number of halogens is 3. The van der Waals surface area contributed by atoms with Crippen LogP contribution in [0.3, 0.4) is 0 Å². The summed E-state index contributed by atoms with van der Waals surface area (Å²) in [5, 5.41) is 5.59. The number of anilines is 2. The van der Waals surface area contributed by atoms with Gasteiger partial charge in [0.2, 0.25) is 0 Å². The third kappa shape index (κ3) is 5.04. The number of carbonyl (C=O) groups is 1. The van der Waals surface area contributed by atoms with E-state index < -0.39 is 17.6 Å². The highest BCUT2D eigenvalue weighted by atomic mass is 19.4. The first-order chi connectivity index (χ1) is 12.9. The van der Waals surface area contributed by atoms with Crippen LogP contribution in [0.4, 0.5) is 24.5 Å². The summed E-state index contributed by atoms with van der Waals surface area (Å²) < 4.78 is 38.3. The van der Waals surface area contributed by atoms with E-state index in [4.69, 9.17) is 0 Å². The summed E-state index contributed by atoms with van der Waals surface area (Å²) >= 11 is 0. The molecule has 2 heterocycles. The molecule has 8 heteroatoms. The second kappa shape index (κ2) is 7.86. The van der Waals surface area contributed by atoms with E-state index in [1.165, 1.54) is 18.3 Å². The van der Waals surface area contributed by atoms with Crippen LogP contribution in [-0.2, 0) is 12.7 Å². The summed E-state index contributed by atoms with van der Waals surface area (Å²) in [6.45, 7) is 0.517. The Bertz CT molecular complexity index is 929. The minimum absolute atomic E-state index is 0.0602. The number of carbonyl (C=O) groups excluding carboxylic acids is 1. The lowest BCUT2D eigenvalue weighted by atomic mass is 10.2. The first-order valence-electron chi connectivity index (χ1n) is 7.98. The standard InChI is InChI=1S/C19H15F3N4O/c20-19(21,22)15-2-1-3-16(9-15)26-18(27)14-8-17(12-24-11-14)25-10-13-4-6-23-7-5-13/h1-9,11-12,25H,10H2,(H,26,27). The molecule has 2 aromatic heterocycles. The number of benzene rings is 1. The van der Waals surface area contributed by atoms with Crippen LogP contribution < -0.4 is 10.6 Å². The fourth-order valence-corrected chi connectivity index (χ4v) is 2.34. The maximum absolute atomic E-state index is 12.8. The lowest BCUT2D eigenvalue weighted by Gasteiger charge is -2.11. The number of nitrogens with one attached hydrogen (secondary N) is 2. The summed E-state index contributed by atoms with van der Waals surface area (Å²) in [5.41, 5.74) is 1.08. The molecule has 3 aromatic rings. The van der Waals surface area contributed by atoms with E-state index in [0.717, 1.165) is 17.7 Å². The van der Waals surface area contributed by atoms with Gasteiger partial charge >= 0.3 is 6.18 Å². The summed E-state index contributed by atoms with van der Waals surface area (Å²) in [7, 11) is 0. The number of hydrogen-bond donors (Lipinski definition) is 2. The van der Waals surface area contributed by atoms with Crippen molar-refractivity contribution in [2.75, 3.05) is 10.6 Å². The Labute approximate surface area is 153 Å². The molecule has 138 valence electrons. The number of aromatic nitrogens is 2. The zero-order valence-electron chi connectivity index (χ0n) is 14.0. The highest BCUT2D eigenvalue weighted by molar-refractivity contribution is 6.04. The van der Waals surface area contributed by atoms with Crippen LogP contribution in [0, 0.1) is 0 Å². The van der Waals surface area contributed by atoms with Gasteiger partial charge in [0.25, 0.3) is 5.91 Å². The van der Waals surface area contributed by atoms with Crippen LogP contribution in [0.2, 0.25) is 0 Å². The quantitative estimate of drug-likeness (QED) is 0.698. The Hall–Kier alpha value is -3.42. The van der Waals surface area contributed by atoms with Crippen molar-refractivity contribution in [1.29, 1.82) is 0 Å². The van der Waals surface area contributed by atoms with Crippen molar-refractivity contribution in [3.63, 3.8) is 0 Å². The van der Waals surface area contributed by atoms with Crippen LogP contribution >= 0.6 is 0 Å². The molecule has 0 unspecified atom stereocenters. The number of hydrogen-bond acceptors (Lipinski definition) is 4. The lowest BCUT2D eigenvalue weighted by Crippen LogP contribution is -2.14. The van der Waals surface area contributed by atoms with Crippen molar-refractivity contribution in [2.24, 2.45) is 0 Å². The molecule has 0 saturated heterocycles. The fraction of sp³-hybridized carbons (Fsp3) is 0.105. The van der Waals surface area contributed by atoms with E-state index in [9.17, 15) is 18.0 Å². The molecule has 3 rings (SSSR count). The van der Waals surface area contributed by atoms with Crippen molar-refractivity contribution >= 4 is 17.3 Å². The van der Waals surface area contributed by atoms with Crippen molar-refractivity contribution < 1.29 is 18.0 Å². The van der Waals surface area contributed by atoms with Gasteiger partial charge in [-0.25, -0.2) is 0 Å². The monoisotopic (exact) mass is 372 g/mol. The molecule has 5 nitrogen and oxygen atoms in total. The Morgan fingerprint density at radius 2 is 1.74 bits per heavy atom. The van der Waals surface area contributed by atoms with Gasteiger partial charge in [0.05, 0.1) is 16.8 Å². The van der Waals surface area contributed by atoms with Gasteiger partial charge in [-0.3, -0.25) is 14.8 Å². The van der Waals surface area contributed by atoms with Gasteiger partial charge in [0.15, 0.2) is 0 Å². The molecule has 0 fully saturated rings. The predicted molar refractivity (Wildman–Crippen MR) is 95.2 cm³/mol.